The fourth-order valence-corrected chi connectivity index (χ4v) is 3.65. The van der Waals surface area contributed by atoms with Crippen LogP contribution in [0.15, 0.2) is 48.5 Å². The molecule has 1 fully saturated rings. The molecule has 0 unspecified atom stereocenters. The molecule has 3 rings (SSSR count). The number of amides is 1. The second kappa shape index (κ2) is 6.75. The van der Waals surface area contributed by atoms with E-state index in [9.17, 15) is 9.90 Å². The number of aliphatic hydroxyl groups excluding tert-OH is 1. The van der Waals surface area contributed by atoms with Gasteiger partial charge in [-0.2, -0.15) is 0 Å². The van der Waals surface area contributed by atoms with Gasteiger partial charge in [0, 0.05) is 36.2 Å². The van der Waals surface area contributed by atoms with Crippen molar-refractivity contribution in [3.8, 4) is 0 Å². The summed E-state index contributed by atoms with van der Waals surface area (Å²) in [7, 11) is 1.77. The lowest BCUT2D eigenvalue weighted by Gasteiger charge is -2.25. The third-order valence-corrected chi connectivity index (χ3v) is 5.40. The Bertz CT molecular complexity index is 747. The quantitative estimate of drug-likeness (QED) is 0.874. The SMILES string of the molecule is CN(Cc1ccccc1Cl)C(=O)[C@@]1(c2ccc(Cl)cc2)C[C@H]1CO. The van der Waals surface area contributed by atoms with E-state index in [-0.39, 0.29) is 18.4 Å². The molecule has 3 nitrogen and oxygen atoms in total. The Balaban J connectivity index is 1.85. The van der Waals surface area contributed by atoms with E-state index >= 15 is 0 Å². The summed E-state index contributed by atoms with van der Waals surface area (Å²) in [5, 5.41) is 10.9. The number of rotatable bonds is 5. The molecule has 1 saturated carbocycles. The van der Waals surface area contributed by atoms with Gasteiger partial charge >= 0.3 is 0 Å². The number of benzene rings is 2. The second-order valence-electron chi connectivity index (χ2n) is 6.31. The minimum Gasteiger partial charge on any atom is -0.396 e. The summed E-state index contributed by atoms with van der Waals surface area (Å²) in [6, 6.07) is 14.8. The fraction of sp³-hybridized carbons (Fsp3) is 0.316. The van der Waals surface area contributed by atoms with Crippen molar-refractivity contribution in [1.29, 1.82) is 0 Å². The molecule has 0 saturated heterocycles. The van der Waals surface area contributed by atoms with Crippen molar-refractivity contribution < 1.29 is 9.90 Å². The third kappa shape index (κ3) is 3.04. The smallest absolute Gasteiger partial charge is 0.233 e. The molecule has 1 N–H and O–H groups in total. The van der Waals surface area contributed by atoms with Crippen LogP contribution in [0.3, 0.4) is 0 Å². The highest BCUT2D eigenvalue weighted by atomic mass is 35.5. The summed E-state index contributed by atoms with van der Waals surface area (Å²) < 4.78 is 0. The van der Waals surface area contributed by atoms with Gasteiger partial charge in [-0.15, -0.1) is 0 Å². The van der Waals surface area contributed by atoms with Crippen LogP contribution in [-0.2, 0) is 16.8 Å². The molecule has 24 heavy (non-hydrogen) atoms. The molecule has 0 spiro atoms. The van der Waals surface area contributed by atoms with Crippen molar-refractivity contribution in [2.24, 2.45) is 5.92 Å². The Morgan fingerprint density at radius 3 is 2.46 bits per heavy atom. The zero-order valence-electron chi connectivity index (χ0n) is 13.4. The lowest BCUT2D eigenvalue weighted by molar-refractivity contribution is -0.133. The van der Waals surface area contributed by atoms with Gasteiger partial charge in [0.25, 0.3) is 0 Å². The normalized spacial score (nSPS) is 22.2. The first kappa shape index (κ1) is 17.3. The van der Waals surface area contributed by atoms with E-state index in [2.05, 4.69) is 0 Å². The molecule has 2 aromatic rings. The predicted octanol–water partition coefficient (Wildman–Crippen LogP) is 3.90. The fourth-order valence-electron chi connectivity index (χ4n) is 3.33. The first-order valence-corrected chi connectivity index (χ1v) is 8.60. The summed E-state index contributed by atoms with van der Waals surface area (Å²) in [4.78, 5) is 14.8. The molecule has 0 heterocycles. The molecule has 0 aromatic heterocycles. The van der Waals surface area contributed by atoms with Crippen molar-refractivity contribution in [3.05, 3.63) is 69.7 Å². The molecule has 1 amide bonds. The van der Waals surface area contributed by atoms with Gasteiger partial charge in [0.2, 0.25) is 5.91 Å². The van der Waals surface area contributed by atoms with Gasteiger partial charge in [-0.1, -0.05) is 53.5 Å². The van der Waals surface area contributed by atoms with Crippen molar-refractivity contribution in [2.45, 2.75) is 18.4 Å². The van der Waals surface area contributed by atoms with E-state index in [4.69, 9.17) is 23.2 Å². The van der Waals surface area contributed by atoms with Gasteiger partial charge in [0.15, 0.2) is 0 Å². The summed E-state index contributed by atoms with van der Waals surface area (Å²) >= 11 is 12.2. The first-order valence-electron chi connectivity index (χ1n) is 7.85. The van der Waals surface area contributed by atoms with Crippen molar-refractivity contribution in [1.82, 2.24) is 4.90 Å². The van der Waals surface area contributed by atoms with Crippen LogP contribution in [0, 0.1) is 5.92 Å². The summed E-state index contributed by atoms with van der Waals surface area (Å²) in [6.07, 6.45) is 0.650. The highest BCUT2D eigenvalue weighted by molar-refractivity contribution is 6.31. The number of hydrogen-bond donors (Lipinski definition) is 1. The van der Waals surface area contributed by atoms with Gasteiger partial charge in [-0.25, -0.2) is 0 Å². The van der Waals surface area contributed by atoms with Crippen LogP contribution in [0.5, 0.6) is 0 Å². The van der Waals surface area contributed by atoms with E-state index < -0.39 is 5.41 Å². The van der Waals surface area contributed by atoms with E-state index in [0.29, 0.717) is 23.0 Å². The maximum absolute atomic E-state index is 13.1. The minimum absolute atomic E-state index is 0.00351. The number of carbonyl (C=O) groups is 1. The molecule has 0 aliphatic heterocycles. The lowest BCUT2D eigenvalue weighted by atomic mass is 9.91. The first-order chi connectivity index (χ1) is 11.5. The Morgan fingerprint density at radius 1 is 1.21 bits per heavy atom. The van der Waals surface area contributed by atoms with Gasteiger partial charge in [0.05, 0.1) is 5.41 Å². The molecular weight excluding hydrogens is 345 g/mol. The monoisotopic (exact) mass is 363 g/mol. The maximum atomic E-state index is 13.1. The number of hydrogen-bond acceptors (Lipinski definition) is 2. The Hall–Kier alpha value is -1.55. The Morgan fingerprint density at radius 2 is 1.88 bits per heavy atom. The average Bonchev–Trinajstić information content (AvgIpc) is 3.32. The summed E-state index contributed by atoms with van der Waals surface area (Å²) in [5.74, 6) is -0.0522. The van der Waals surface area contributed by atoms with Crippen molar-refractivity contribution >= 4 is 29.1 Å². The lowest BCUT2D eigenvalue weighted by Crippen LogP contribution is -2.38. The van der Waals surface area contributed by atoms with Crippen LogP contribution in [-0.4, -0.2) is 29.6 Å². The Kier molecular flexibility index (Phi) is 4.86. The van der Waals surface area contributed by atoms with Gasteiger partial charge in [0.1, 0.15) is 0 Å². The highest BCUT2D eigenvalue weighted by Gasteiger charge is 2.61. The molecule has 5 heteroatoms. The van der Waals surface area contributed by atoms with E-state index in [1.165, 1.54) is 0 Å². The molecule has 2 atom stereocenters. The maximum Gasteiger partial charge on any atom is 0.233 e. The van der Waals surface area contributed by atoms with Gasteiger partial charge in [-0.05, 0) is 35.7 Å². The number of nitrogens with zero attached hydrogens (tertiary/aromatic N) is 1. The second-order valence-corrected chi connectivity index (χ2v) is 7.16. The molecule has 0 bridgehead atoms. The van der Waals surface area contributed by atoms with Crippen molar-refractivity contribution in [2.75, 3.05) is 13.7 Å². The number of carbonyl (C=O) groups excluding carboxylic acids is 1. The van der Waals surface area contributed by atoms with Crippen LogP contribution < -0.4 is 0 Å². The van der Waals surface area contributed by atoms with Crippen LogP contribution in [0.1, 0.15) is 17.5 Å². The largest absolute Gasteiger partial charge is 0.396 e. The third-order valence-electron chi connectivity index (χ3n) is 4.78. The van der Waals surface area contributed by atoms with E-state index in [1.54, 1.807) is 24.1 Å². The zero-order chi connectivity index (χ0) is 17.3. The van der Waals surface area contributed by atoms with Gasteiger partial charge < -0.3 is 10.0 Å². The number of halogens is 2. The summed E-state index contributed by atoms with van der Waals surface area (Å²) in [5.41, 5.74) is 1.15. The number of likely N-dealkylation sites (N-methyl/N-ethyl adjacent to an activating group) is 1. The molecule has 2 aromatic carbocycles. The average molecular weight is 364 g/mol. The molecule has 1 aliphatic rings. The van der Waals surface area contributed by atoms with Crippen molar-refractivity contribution in [3.63, 3.8) is 0 Å². The van der Waals surface area contributed by atoms with Crippen LogP contribution in [0.2, 0.25) is 10.0 Å². The van der Waals surface area contributed by atoms with E-state index in [0.717, 1.165) is 11.1 Å². The highest BCUT2D eigenvalue weighted by Crippen LogP contribution is 2.55. The predicted molar refractivity (Wildman–Crippen MR) is 96.2 cm³/mol. The van der Waals surface area contributed by atoms with Crippen LogP contribution >= 0.6 is 23.2 Å². The zero-order valence-corrected chi connectivity index (χ0v) is 14.9. The standard InChI is InChI=1S/C19H19Cl2NO2/c1-22(11-13-4-2-3-5-17(13)21)18(24)19(10-15(19)12-23)14-6-8-16(20)9-7-14/h2-9,15,23H,10-12H2,1H3/t15-,19+/m0/s1. The Labute approximate surface area is 151 Å². The van der Waals surface area contributed by atoms with E-state index in [1.807, 2.05) is 36.4 Å². The molecule has 1 aliphatic carbocycles. The molecule has 126 valence electrons. The minimum atomic E-state index is -0.657. The molecular formula is C19H19Cl2NO2. The topological polar surface area (TPSA) is 40.5 Å². The van der Waals surface area contributed by atoms with Gasteiger partial charge in [-0.3, -0.25) is 4.79 Å². The molecule has 0 radical (unpaired) electrons. The summed E-state index contributed by atoms with van der Waals surface area (Å²) in [6.45, 7) is 0.431. The van der Waals surface area contributed by atoms with Crippen LogP contribution in [0.4, 0.5) is 0 Å². The number of aliphatic hydroxyl groups is 1. The van der Waals surface area contributed by atoms with Crippen LogP contribution in [0.25, 0.3) is 0 Å².